The number of rotatable bonds is 3. The second kappa shape index (κ2) is 7.84. The topological polar surface area (TPSA) is 90.5 Å². The van der Waals surface area contributed by atoms with Gasteiger partial charge in [0.05, 0.1) is 18.3 Å². The maximum atomic E-state index is 13.7. The first-order chi connectivity index (χ1) is 15.1. The Morgan fingerprint density at radius 1 is 1.22 bits per heavy atom. The van der Waals surface area contributed by atoms with Crippen LogP contribution in [0.15, 0.2) is 12.3 Å². The average molecular weight is 475 g/mol. The summed E-state index contributed by atoms with van der Waals surface area (Å²) in [4.78, 5) is 20.0. The van der Waals surface area contributed by atoms with Crippen LogP contribution in [0.2, 0.25) is 5.15 Å². The van der Waals surface area contributed by atoms with E-state index in [1.165, 1.54) is 11.1 Å². The number of aliphatic hydroxyl groups excluding tert-OH is 2. The summed E-state index contributed by atoms with van der Waals surface area (Å²) in [5, 5.41) is 20.3. The number of hydrogen-bond donors (Lipinski definition) is 2. The van der Waals surface area contributed by atoms with Crippen molar-refractivity contribution >= 4 is 23.2 Å². The number of aromatic nitrogens is 2. The first-order valence-electron chi connectivity index (χ1n) is 10.5. The maximum Gasteiger partial charge on any atom is 0.419 e. The summed E-state index contributed by atoms with van der Waals surface area (Å²) in [7, 11) is 0. The highest BCUT2D eigenvalue weighted by atomic mass is 35.5. The van der Waals surface area contributed by atoms with Gasteiger partial charge in [-0.3, -0.25) is 9.20 Å². The molecule has 3 aliphatic rings. The Kier molecular flexibility index (Phi) is 5.37. The second-order valence-electron chi connectivity index (χ2n) is 8.51. The number of carbonyl (C=O) groups is 1. The molecule has 0 spiro atoms. The summed E-state index contributed by atoms with van der Waals surface area (Å²) in [6.07, 6.45) is -3.22. The number of ether oxygens (including phenoxy) is 1. The zero-order valence-electron chi connectivity index (χ0n) is 16.9. The molecule has 1 aliphatic carbocycles. The monoisotopic (exact) mass is 474 g/mol. The summed E-state index contributed by atoms with van der Waals surface area (Å²) in [5.74, 6) is -0.590. The molecule has 174 valence electrons. The number of piperidine rings is 1. The summed E-state index contributed by atoms with van der Waals surface area (Å²) < 4.78 is 47.3. The Balaban J connectivity index is 1.43. The van der Waals surface area contributed by atoms with Gasteiger partial charge in [-0.15, -0.1) is 0 Å². The van der Waals surface area contributed by atoms with Crippen LogP contribution in [0.1, 0.15) is 46.8 Å². The van der Waals surface area contributed by atoms with Gasteiger partial charge in [-0.1, -0.05) is 11.6 Å². The molecule has 0 aromatic carbocycles. The van der Waals surface area contributed by atoms with Crippen LogP contribution >= 0.6 is 11.6 Å². The molecular formula is C20H22ClF3N4O4. The quantitative estimate of drug-likeness (QED) is 0.708. The molecule has 3 atom stereocenters. The van der Waals surface area contributed by atoms with Crippen molar-refractivity contribution in [3.63, 3.8) is 0 Å². The van der Waals surface area contributed by atoms with Crippen molar-refractivity contribution in [3.8, 4) is 0 Å². The number of halogens is 4. The third-order valence-electron chi connectivity index (χ3n) is 6.40. The number of hydrogen-bond acceptors (Lipinski definition) is 6. The Labute approximate surface area is 186 Å². The minimum atomic E-state index is -4.64. The van der Waals surface area contributed by atoms with Gasteiger partial charge in [0.1, 0.15) is 5.15 Å². The van der Waals surface area contributed by atoms with Crippen molar-refractivity contribution in [2.75, 3.05) is 26.2 Å². The number of aliphatic hydroxyl groups is 2. The predicted octanol–water partition coefficient (Wildman–Crippen LogP) is 2.07. The van der Waals surface area contributed by atoms with E-state index in [9.17, 15) is 28.2 Å². The van der Waals surface area contributed by atoms with Crippen LogP contribution < -0.4 is 0 Å². The molecular weight excluding hydrogens is 453 g/mol. The van der Waals surface area contributed by atoms with Gasteiger partial charge in [0.2, 0.25) is 6.41 Å². The van der Waals surface area contributed by atoms with Gasteiger partial charge in [-0.05, 0) is 36.8 Å². The van der Waals surface area contributed by atoms with E-state index in [4.69, 9.17) is 16.3 Å². The van der Waals surface area contributed by atoms with Crippen LogP contribution in [0.25, 0.3) is 5.65 Å². The predicted molar refractivity (Wildman–Crippen MR) is 106 cm³/mol. The van der Waals surface area contributed by atoms with Crippen LogP contribution in [0.4, 0.5) is 13.2 Å². The fraction of sp³-hybridized carbons (Fsp3) is 0.600. The molecule has 12 heteroatoms. The molecule has 32 heavy (non-hydrogen) atoms. The van der Waals surface area contributed by atoms with Gasteiger partial charge in [-0.2, -0.15) is 13.2 Å². The molecule has 2 aliphatic heterocycles. The summed E-state index contributed by atoms with van der Waals surface area (Å²) in [6.45, 7) is 0.969. The number of nitrogens with zero attached hydrogens (tertiary/aromatic N) is 4. The number of alkyl halides is 3. The molecule has 0 radical (unpaired) electrons. The number of fused-ring (bicyclic) bond motifs is 1. The highest BCUT2D eigenvalue weighted by Gasteiger charge is 2.41. The minimum Gasteiger partial charge on any atom is -0.390 e. The molecule has 2 aromatic rings. The van der Waals surface area contributed by atoms with E-state index in [1.54, 1.807) is 4.90 Å². The third-order valence-corrected chi connectivity index (χ3v) is 6.76. The van der Waals surface area contributed by atoms with Crippen LogP contribution in [-0.4, -0.2) is 80.1 Å². The van der Waals surface area contributed by atoms with E-state index in [0.717, 1.165) is 23.3 Å². The van der Waals surface area contributed by atoms with Crippen molar-refractivity contribution in [1.29, 1.82) is 0 Å². The number of carbonyl (C=O) groups excluding carboxylic acids is 1. The van der Waals surface area contributed by atoms with Gasteiger partial charge >= 0.3 is 6.18 Å². The summed E-state index contributed by atoms with van der Waals surface area (Å²) in [5.41, 5.74) is -1.10. The van der Waals surface area contributed by atoms with Crippen molar-refractivity contribution in [2.24, 2.45) is 0 Å². The van der Waals surface area contributed by atoms with Gasteiger partial charge in [-0.25, -0.2) is 9.88 Å². The SMILES string of the molecule is O=C(c1nc2c(C(F)(F)F)cc(C3CC3)cn2c1Cl)N1CCC(N2CCOC2O)C(O)C1. The number of pyridine rings is 1. The Morgan fingerprint density at radius 3 is 2.56 bits per heavy atom. The molecule has 2 N–H and O–H groups in total. The Hall–Kier alpha value is -1.92. The summed E-state index contributed by atoms with van der Waals surface area (Å²) >= 11 is 6.34. The fourth-order valence-corrected chi connectivity index (χ4v) is 4.81. The first-order valence-corrected chi connectivity index (χ1v) is 10.8. The molecule has 1 amide bonds. The third kappa shape index (κ3) is 3.75. The van der Waals surface area contributed by atoms with Gasteiger partial charge in [0.15, 0.2) is 11.3 Å². The van der Waals surface area contributed by atoms with Crippen LogP contribution in [0.3, 0.4) is 0 Å². The number of likely N-dealkylation sites (tertiary alicyclic amines) is 1. The van der Waals surface area contributed by atoms with Crippen LogP contribution in [-0.2, 0) is 10.9 Å². The Morgan fingerprint density at radius 2 is 1.97 bits per heavy atom. The van der Waals surface area contributed by atoms with E-state index in [0.29, 0.717) is 25.1 Å². The normalized spacial score (nSPS) is 27.4. The molecule has 0 bridgehead atoms. The Bertz CT molecular complexity index is 1060. The van der Waals surface area contributed by atoms with E-state index in [-0.39, 0.29) is 29.9 Å². The lowest BCUT2D eigenvalue weighted by atomic mass is 10.00. The van der Waals surface area contributed by atoms with Crippen molar-refractivity contribution < 1.29 is 32.9 Å². The molecule has 2 aromatic heterocycles. The first kappa shape index (κ1) is 21.9. The lowest BCUT2D eigenvalue weighted by Crippen LogP contribution is -2.56. The highest BCUT2D eigenvalue weighted by molar-refractivity contribution is 6.33. The standard InChI is InChI=1S/C20H22ClF3N4O4/c21-16-15(18(30)26-4-3-13(14(29)9-26)27-5-6-32-19(27)31)25-17-12(20(22,23)24)7-11(8-28(16)17)10-1-2-10/h7-8,10,13-14,19,29,31H,1-6,9H2. The van der Waals surface area contributed by atoms with Crippen LogP contribution in [0, 0.1) is 0 Å². The van der Waals surface area contributed by atoms with Crippen LogP contribution in [0.5, 0.6) is 0 Å². The van der Waals surface area contributed by atoms with E-state index in [1.807, 2.05) is 0 Å². The van der Waals surface area contributed by atoms with Gasteiger partial charge in [0, 0.05) is 31.9 Å². The largest absolute Gasteiger partial charge is 0.419 e. The zero-order chi connectivity index (χ0) is 22.8. The molecule has 8 nitrogen and oxygen atoms in total. The van der Waals surface area contributed by atoms with Crippen molar-refractivity contribution in [3.05, 3.63) is 34.2 Å². The van der Waals surface area contributed by atoms with Gasteiger partial charge < -0.3 is 19.8 Å². The lowest BCUT2D eigenvalue weighted by molar-refractivity contribution is -0.163. The molecule has 5 rings (SSSR count). The molecule has 3 unspecified atom stereocenters. The lowest BCUT2D eigenvalue weighted by Gasteiger charge is -2.40. The minimum absolute atomic E-state index is 0.0530. The second-order valence-corrected chi connectivity index (χ2v) is 8.87. The highest BCUT2D eigenvalue weighted by Crippen LogP contribution is 2.43. The maximum absolute atomic E-state index is 13.7. The average Bonchev–Trinajstić information content (AvgIpc) is 3.43. The van der Waals surface area contributed by atoms with Crippen molar-refractivity contribution in [1.82, 2.24) is 19.2 Å². The number of imidazole rings is 1. The number of β-amino-alcohol motifs (C(OH)–C–C–N with tert-alkyl or cyclic N) is 1. The van der Waals surface area contributed by atoms with Gasteiger partial charge in [0.25, 0.3) is 5.91 Å². The smallest absolute Gasteiger partial charge is 0.390 e. The molecule has 3 fully saturated rings. The van der Waals surface area contributed by atoms with E-state index >= 15 is 0 Å². The van der Waals surface area contributed by atoms with E-state index < -0.39 is 41.9 Å². The molecule has 2 saturated heterocycles. The van der Waals surface area contributed by atoms with E-state index in [2.05, 4.69) is 4.98 Å². The molecule has 1 saturated carbocycles. The van der Waals surface area contributed by atoms with Crippen molar-refractivity contribution in [2.45, 2.75) is 49.9 Å². The zero-order valence-corrected chi connectivity index (χ0v) is 17.7. The summed E-state index contributed by atoms with van der Waals surface area (Å²) in [6, 6.07) is 0.689. The fourth-order valence-electron chi connectivity index (χ4n) is 4.56. The number of amides is 1. The molecule has 4 heterocycles.